The Labute approximate surface area is 184 Å². The van der Waals surface area contributed by atoms with Gasteiger partial charge in [0.2, 0.25) is 0 Å². The third-order valence-corrected chi connectivity index (χ3v) is 4.74. The number of nitro groups is 1. The molecule has 0 fully saturated rings. The number of carbonyl (C=O) groups excluding carboxylic acids is 1. The second-order valence-electron chi connectivity index (χ2n) is 6.71. The van der Waals surface area contributed by atoms with E-state index in [1.165, 1.54) is 18.2 Å². The SMILES string of the molecule is CCOc1cc(C(=O)Nc2ccc(C)c([N+](=O)[O-])c2)cc(Cl)c1OCc1ccccc1. The fourth-order valence-corrected chi connectivity index (χ4v) is 3.18. The quantitative estimate of drug-likeness (QED) is 0.353. The third kappa shape index (κ3) is 5.52. The van der Waals surface area contributed by atoms with E-state index in [2.05, 4.69) is 5.32 Å². The van der Waals surface area contributed by atoms with E-state index in [9.17, 15) is 14.9 Å². The van der Waals surface area contributed by atoms with Gasteiger partial charge >= 0.3 is 0 Å². The zero-order valence-corrected chi connectivity index (χ0v) is 17.8. The van der Waals surface area contributed by atoms with Crippen LogP contribution in [0.25, 0.3) is 0 Å². The molecule has 3 aromatic carbocycles. The van der Waals surface area contributed by atoms with Gasteiger partial charge in [-0.3, -0.25) is 14.9 Å². The number of rotatable bonds is 8. The van der Waals surface area contributed by atoms with E-state index in [1.807, 2.05) is 37.3 Å². The highest BCUT2D eigenvalue weighted by atomic mass is 35.5. The van der Waals surface area contributed by atoms with Crippen molar-refractivity contribution >= 4 is 28.9 Å². The lowest BCUT2D eigenvalue weighted by molar-refractivity contribution is -0.385. The Morgan fingerprint density at radius 2 is 1.84 bits per heavy atom. The first-order valence-electron chi connectivity index (χ1n) is 9.58. The lowest BCUT2D eigenvalue weighted by Crippen LogP contribution is -2.13. The summed E-state index contributed by atoms with van der Waals surface area (Å²) in [7, 11) is 0. The number of hydrogen-bond acceptors (Lipinski definition) is 5. The van der Waals surface area contributed by atoms with Crippen LogP contribution in [0.4, 0.5) is 11.4 Å². The molecule has 0 heterocycles. The normalized spacial score (nSPS) is 10.4. The molecule has 3 aromatic rings. The van der Waals surface area contributed by atoms with Gasteiger partial charge < -0.3 is 14.8 Å². The molecule has 0 radical (unpaired) electrons. The largest absolute Gasteiger partial charge is 0.490 e. The number of benzene rings is 3. The van der Waals surface area contributed by atoms with Crippen molar-refractivity contribution in [2.45, 2.75) is 20.5 Å². The molecule has 0 atom stereocenters. The predicted molar refractivity (Wildman–Crippen MR) is 119 cm³/mol. The Kier molecular flexibility index (Phi) is 7.10. The van der Waals surface area contributed by atoms with Crippen molar-refractivity contribution in [1.29, 1.82) is 0 Å². The van der Waals surface area contributed by atoms with Gasteiger partial charge in [-0.1, -0.05) is 48.0 Å². The summed E-state index contributed by atoms with van der Waals surface area (Å²) in [5.74, 6) is 0.205. The van der Waals surface area contributed by atoms with Gasteiger partial charge in [0, 0.05) is 22.9 Å². The molecular weight excluding hydrogens is 420 g/mol. The maximum Gasteiger partial charge on any atom is 0.274 e. The van der Waals surface area contributed by atoms with Gasteiger partial charge in [0.1, 0.15) is 6.61 Å². The Hall–Kier alpha value is -3.58. The summed E-state index contributed by atoms with van der Waals surface area (Å²) in [5.41, 5.74) is 1.94. The number of aryl methyl sites for hydroxylation is 1. The minimum absolute atomic E-state index is 0.0736. The molecular formula is C23H21ClN2O5. The van der Waals surface area contributed by atoms with Crippen molar-refractivity contribution in [2.24, 2.45) is 0 Å². The maximum atomic E-state index is 12.7. The summed E-state index contributed by atoms with van der Waals surface area (Å²) in [4.78, 5) is 23.4. The number of nitro benzene ring substituents is 1. The van der Waals surface area contributed by atoms with E-state index in [1.54, 1.807) is 19.1 Å². The predicted octanol–water partition coefficient (Wildman–Crippen LogP) is 5.79. The Morgan fingerprint density at radius 1 is 1.10 bits per heavy atom. The highest BCUT2D eigenvalue weighted by molar-refractivity contribution is 6.32. The molecule has 1 amide bonds. The van der Waals surface area contributed by atoms with E-state index < -0.39 is 10.8 Å². The molecule has 0 aliphatic carbocycles. The lowest BCUT2D eigenvalue weighted by Gasteiger charge is -2.15. The standard InChI is InChI=1S/C23H21ClN2O5/c1-3-30-21-12-17(11-19(24)22(21)31-14-16-7-5-4-6-8-16)23(27)25-18-10-9-15(2)20(13-18)26(28)29/h4-13H,3,14H2,1-2H3,(H,25,27). The molecule has 31 heavy (non-hydrogen) atoms. The molecule has 0 aliphatic heterocycles. The zero-order valence-electron chi connectivity index (χ0n) is 17.1. The van der Waals surface area contributed by atoms with E-state index in [0.29, 0.717) is 36.0 Å². The maximum absolute atomic E-state index is 12.7. The molecule has 0 aromatic heterocycles. The molecule has 0 unspecified atom stereocenters. The van der Waals surface area contributed by atoms with Crippen molar-refractivity contribution < 1.29 is 19.2 Å². The molecule has 0 saturated heterocycles. The van der Waals surface area contributed by atoms with Crippen molar-refractivity contribution in [3.63, 3.8) is 0 Å². The monoisotopic (exact) mass is 440 g/mol. The molecule has 1 N–H and O–H groups in total. The van der Waals surface area contributed by atoms with E-state index in [-0.39, 0.29) is 16.3 Å². The third-order valence-electron chi connectivity index (χ3n) is 4.46. The van der Waals surface area contributed by atoms with Crippen LogP contribution in [0.1, 0.15) is 28.4 Å². The average molecular weight is 441 g/mol. The summed E-state index contributed by atoms with van der Waals surface area (Å²) >= 11 is 6.40. The van der Waals surface area contributed by atoms with Gasteiger partial charge in [-0.05, 0) is 37.6 Å². The first kappa shape index (κ1) is 22.1. The Balaban J connectivity index is 1.83. The van der Waals surface area contributed by atoms with Gasteiger partial charge in [-0.15, -0.1) is 0 Å². The number of amides is 1. The molecule has 3 rings (SSSR count). The summed E-state index contributed by atoms with van der Waals surface area (Å²) in [6.45, 7) is 4.09. The average Bonchev–Trinajstić information content (AvgIpc) is 2.75. The minimum atomic E-state index is -0.492. The Bertz CT molecular complexity index is 1100. The lowest BCUT2D eigenvalue weighted by atomic mass is 10.1. The van der Waals surface area contributed by atoms with E-state index in [4.69, 9.17) is 21.1 Å². The van der Waals surface area contributed by atoms with Crippen molar-refractivity contribution in [3.8, 4) is 11.5 Å². The number of halogens is 1. The molecule has 7 nitrogen and oxygen atoms in total. The number of nitrogens with one attached hydrogen (secondary N) is 1. The van der Waals surface area contributed by atoms with Crippen LogP contribution in [0, 0.1) is 17.0 Å². The molecule has 0 aliphatic rings. The van der Waals surface area contributed by atoms with E-state index in [0.717, 1.165) is 5.56 Å². The first-order valence-corrected chi connectivity index (χ1v) is 9.96. The number of carbonyl (C=O) groups is 1. The van der Waals surface area contributed by atoms with Crippen LogP contribution < -0.4 is 14.8 Å². The fourth-order valence-electron chi connectivity index (χ4n) is 2.92. The summed E-state index contributed by atoms with van der Waals surface area (Å²) < 4.78 is 11.5. The van der Waals surface area contributed by atoms with Crippen LogP contribution >= 0.6 is 11.6 Å². The van der Waals surface area contributed by atoms with Gasteiger partial charge in [-0.2, -0.15) is 0 Å². The fraction of sp³-hybridized carbons (Fsp3) is 0.174. The molecule has 0 saturated carbocycles. The molecule has 0 spiro atoms. The van der Waals surface area contributed by atoms with Gasteiger partial charge in [0.25, 0.3) is 11.6 Å². The van der Waals surface area contributed by atoms with E-state index >= 15 is 0 Å². The van der Waals surface area contributed by atoms with Crippen molar-refractivity contribution in [3.05, 3.63) is 92.5 Å². The minimum Gasteiger partial charge on any atom is -0.490 e. The molecule has 0 bridgehead atoms. The van der Waals surface area contributed by atoms with Crippen LogP contribution in [0.2, 0.25) is 5.02 Å². The van der Waals surface area contributed by atoms with Gasteiger partial charge in [-0.25, -0.2) is 0 Å². The number of anilines is 1. The van der Waals surface area contributed by atoms with Crippen LogP contribution in [0.15, 0.2) is 60.7 Å². The van der Waals surface area contributed by atoms with Crippen LogP contribution in [-0.2, 0) is 6.61 Å². The Morgan fingerprint density at radius 3 is 2.52 bits per heavy atom. The number of hydrogen-bond donors (Lipinski definition) is 1. The second kappa shape index (κ2) is 9.95. The smallest absolute Gasteiger partial charge is 0.274 e. The number of ether oxygens (including phenoxy) is 2. The first-order chi connectivity index (χ1) is 14.9. The number of nitrogens with zero attached hydrogens (tertiary/aromatic N) is 1. The summed E-state index contributed by atoms with van der Waals surface area (Å²) in [5, 5.41) is 14.0. The highest BCUT2D eigenvalue weighted by Crippen LogP contribution is 2.37. The van der Waals surface area contributed by atoms with Gasteiger partial charge in [0.15, 0.2) is 11.5 Å². The zero-order chi connectivity index (χ0) is 22.4. The van der Waals surface area contributed by atoms with Crippen LogP contribution in [0.3, 0.4) is 0 Å². The second-order valence-corrected chi connectivity index (χ2v) is 7.11. The highest BCUT2D eigenvalue weighted by Gasteiger charge is 2.18. The van der Waals surface area contributed by atoms with Gasteiger partial charge in [0.05, 0.1) is 16.6 Å². The van der Waals surface area contributed by atoms with Crippen LogP contribution in [0.5, 0.6) is 11.5 Å². The van der Waals surface area contributed by atoms with Crippen molar-refractivity contribution in [2.75, 3.05) is 11.9 Å². The topological polar surface area (TPSA) is 90.7 Å². The molecule has 8 heteroatoms. The molecule has 160 valence electrons. The summed E-state index contributed by atoms with van der Waals surface area (Å²) in [6, 6.07) is 17.1. The summed E-state index contributed by atoms with van der Waals surface area (Å²) in [6.07, 6.45) is 0. The van der Waals surface area contributed by atoms with Crippen LogP contribution in [-0.4, -0.2) is 17.4 Å². The van der Waals surface area contributed by atoms with Crippen molar-refractivity contribution in [1.82, 2.24) is 0 Å².